The van der Waals surface area contributed by atoms with Crippen LogP contribution in [0.3, 0.4) is 0 Å². The van der Waals surface area contributed by atoms with E-state index in [-0.39, 0.29) is 23.7 Å². The van der Waals surface area contributed by atoms with Crippen molar-refractivity contribution in [3.63, 3.8) is 0 Å². The largest absolute Gasteiger partial charge is 0.493 e. The van der Waals surface area contributed by atoms with Crippen molar-refractivity contribution in [2.24, 2.45) is 0 Å². The molecule has 0 saturated heterocycles. The average molecular weight is 548 g/mol. The van der Waals surface area contributed by atoms with Crippen molar-refractivity contribution < 1.29 is 46.1 Å². The van der Waals surface area contributed by atoms with E-state index in [4.69, 9.17) is 25.7 Å². The first-order valence-corrected chi connectivity index (χ1v) is 11.3. The summed E-state index contributed by atoms with van der Waals surface area (Å²) in [5.74, 6) is -1.81. The first kappa shape index (κ1) is 28.8. The number of carbonyl (C=O) groups is 2. The fourth-order valence-corrected chi connectivity index (χ4v) is 3.26. The molecule has 0 unspecified atom stereocenters. The summed E-state index contributed by atoms with van der Waals surface area (Å²) < 4.78 is 70.2. The molecule has 0 atom stereocenters. The van der Waals surface area contributed by atoms with Gasteiger partial charge in [-0.15, -0.1) is 0 Å². The summed E-state index contributed by atoms with van der Waals surface area (Å²) in [6, 6.07) is 13.6. The smallest absolute Gasteiger partial charge is 0.461 e. The number of rotatable bonds is 11. The van der Waals surface area contributed by atoms with Gasteiger partial charge >= 0.3 is 24.5 Å². The summed E-state index contributed by atoms with van der Waals surface area (Å²) in [5, 5.41) is 0. The summed E-state index contributed by atoms with van der Waals surface area (Å²) in [6.07, 6.45) is -5.56. The molecular formula is C27H24F4N2O6. The standard InChI is InChI=1S/C27H24F4N2O6/c1-36-23-14-16(3-9-24(34)37-11-10-17-12-19(32)15-20(33)13-17)2-8-22(23)38-25(35)18-4-6-21(7-5-18)39-27(30,31)26(28)29/h2-9,12-15,26H,10-11,32-33H2,1H3/b9-3+. The van der Waals surface area contributed by atoms with Gasteiger partial charge in [0.1, 0.15) is 5.75 Å². The quantitative estimate of drug-likeness (QED) is 0.111. The molecule has 0 aliphatic carbocycles. The molecule has 0 aromatic heterocycles. The van der Waals surface area contributed by atoms with Crippen molar-refractivity contribution in [2.75, 3.05) is 25.2 Å². The van der Waals surface area contributed by atoms with E-state index in [0.29, 0.717) is 23.4 Å². The monoisotopic (exact) mass is 548 g/mol. The maximum absolute atomic E-state index is 13.0. The summed E-state index contributed by atoms with van der Waals surface area (Å²) >= 11 is 0. The zero-order valence-corrected chi connectivity index (χ0v) is 20.5. The van der Waals surface area contributed by atoms with E-state index in [1.807, 2.05) is 0 Å². The summed E-state index contributed by atoms with van der Waals surface area (Å²) in [7, 11) is 1.34. The van der Waals surface area contributed by atoms with Crippen molar-refractivity contribution in [2.45, 2.75) is 19.0 Å². The highest BCUT2D eigenvalue weighted by Crippen LogP contribution is 2.30. The number of benzene rings is 3. The number of methoxy groups -OCH3 is 1. The van der Waals surface area contributed by atoms with E-state index < -0.39 is 30.2 Å². The maximum atomic E-state index is 13.0. The molecule has 0 bridgehead atoms. The van der Waals surface area contributed by atoms with Crippen molar-refractivity contribution >= 4 is 29.4 Å². The molecule has 0 fully saturated rings. The van der Waals surface area contributed by atoms with Gasteiger partial charge in [-0.2, -0.15) is 17.6 Å². The highest BCUT2D eigenvalue weighted by Gasteiger charge is 2.43. The van der Waals surface area contributed by atoms with Crippen LogP contribution in [-0.2, 0) is 16.0 Å². The molecule has 0 heterocycles. The molecule has 0 saturated carbocycles. The SMILES string of the molecule is COc1cc(/C=C/C(=O)OCCc2cc(N)cc(N)c2)ccc1OC(=O)c1ccc(OC(F)(F)C(F)F)cc1. The van der Waals surface area contributed by atoms with Crippen LogP contribution in [0.1, 0.15) is 21.5 Å². The number of ether oxygens (including phenoxy) is 4. The van der Waals surface area contributed by atoms with Crippen LogP contribution < -0.4 is 25.7 Å². The van der Waals surface area contributed by atoms with Crippen LogP contribution in [0.5, 0.6) is 17.2 Å². The predicted octanol–water partition coefficient (Wildman–Crippen LogP) is 5.11. The molecule has 12 heteroatoms. The number of carbonyl (C=O) groups excluding carboxylic acids is 2. The summed E-state index contributed by atoms with van der Waals surface area (Å²) in [4.78, 5) is 24.5. The van der Waals surface area contributed by atoms with Gasteiger partial charge in [0.05, 0.1) is 19.3 Å². The molecule has 0 aliphatic heterocycles. The molecule has 8 nitrogen and oxygen atoms in total. The molecule has 0 spiro atoms. The second-order valence-corrected chi connectivity index (χ2v) is 8.05. The van der Waals surface area contributed by atoms with Gasteiger partial charge in [0, 0.05) is 23.9 Å². The molecule has 39 heavy (non-hydrogen) atoms. The third-order valence-corrected chi connectivity index (χ3v) is 5.07. The molecule has 206 valence electrons. The number of hydrogen-bond acceptors (Lipinski definition) is 8. The zero-order chi connectivity index (χ0) is 28.6. The van der Waals surface area contributed by atoms with Gasteiger partial charge in [0.2, 0.25) is 0 Å². The van der Waals surface area contributed by atoms with Gasteiger partial charge in [-0.3, -0.25) is 0 Å². The molecule has 3 rings (SSSR count). The van der Waals surface area contributed by atoms with Gasteiger partial charge in [-0.25, -0.2) is 9.59 Å². The Kier molecular flexibility index (Phi) is 9.37. The summed E-state index contributed by atoms with van der Waals surface area (Å²) in [5.41, 5.74) is 13.8. The maximum Gasteiger partial charge on any atom is 0.461 e. The molecule has 3 aromatic carbocycles. The lowest BCUT2D eigenvalue weighted by Gasteiger charge is -2.16. The number of anilines is 2. The molecule has 0 amide bonds. The lowest BCUT2D eigenvalue weighted by molar-refractivity contribution is -0.253. The number of hydrogen-bond donors (Lipinski definition) is 2. The fourth-order valence-electron chi connectivity index (χ4n) is 3.26. The Morgan fingerprint density at radius 3 is 2.23 bits per heavy atom. The van der Waals surface area contributed by atoms with Crippen LogP contribution in [0.15, 0.2) is 66.7 Å². The van der Waals surface area contributed by atoms with E-state index in [1.165, 1.54) is 31.4 Å². The van der Waals surface area contributed by atoms with E-state index >= 15 is 0 Å². The third-order valence-electron chi connectivity index (χ3n) is 5.07. The number of esters is 2. The van der Waals surface area contributed by atoms with Crippen LogP contribution in [0.4, 0.5) is 28.9 Å². The Hall–Kier alpha value is -4.74. The Morgan fingerprint density at radius 1 is 0.949 bits per heavy atom. The molecule has 0 radical (unpaired) electrons. The average Bonchev–Trinajstić information content (AvgIpc) is 2.87. The van der Waals surface area contributed by atoms with E-state index in [9.17, 15) is 27.2 Å². The minimum Gasteiger partial charge on any atom is -0.493 e. The second-order valence-electron chi connectivity index (χ2n) is 8.05. The van der Waals surface area contributed by atoms with E-state index in [1.54, 1.807) is 24.3 Å². The first-order valence-electron chi connectivity index (χ1n) is 11.3. The molecule has 4 N–H and O–H groups in total. The van der Waals surface area contributed by atoms with Crippen molar-refractivity contribution in [1.82, 2.24) is 0 Å². The van der Waals surface area contributed by atoms with Crippen molar-refractivity contribution in [1.29, 1.82) is 0 Å². The molecular weight excluding hydrogens is 524 g/mol. The Bertz CT molecular complexity index is 1330. The van der Waals surface area contributed by atoms with Crippen LogP contribution in [0.2, 0.25) is 0 Å². The second kappa shape index (κ2) is 12.7. The lowest BCUT2D eigenvalue weighted by Crippen LogP contribution is -2.33. The minimum absolute atomic E-state index is 0.0354. The van der Waals surface area contributed by atoms with Gasteiger partial charge in [0.25, 0.3) is 0 Å². The molecule has 0 aliphatic rings. The third kappa shape index (κ3) is 8.38. The predicted molar refractivity (Wildman–Crippen MR) is 135 cm³/mol. The van der Waals surface area contributed by atoms with Crippen LogP contribution in [0, 0.1) is 0 Å². The minimum atomic E-state index is -4.67. The van der Waals surface area contributed by atoms with Gasteiger partial charge in [-0.05, 0) is 71.8 Å². The van der Waals surface area contributed by atoms with Crippen molar-refractivity contribution in [3.05, 3.63) is 83.4 Å². The number of alkyl halides is 4. The van der Waals surface area contributed by atoms with Crippen LogP contribution in [-0.4, -0.2) is 38.2 Å². The normalized spacial score (nSPS) is 11.4. The van der Waals surface area contributed by atoms with Crippen LogP contribution >= 0.6 is 0 Å². The number of nitrogens with two attached hydrogens (primary N) is 2. The van der Waals surface area contributed by atoms with Gasteiger partial charge in [-0.1, -0.05) is 6.07 Å². The highest BCUT2D eigenvalue weighted by atomic mass is 19.3. The molecule has 3 aromatic rings. The Morgan fingerprint density at radius 2 is 1.62 bits per heavy atom. The number of nitrogen functional groups attached to an aromatic ring is 2. The van der Waals surface area contributed by atoms with E-state index in [0.717, 1.165) is 29.8 Å². The Balaban J connectivity index is 1.57. The van der Waals surface area contributed by atoms with Crippen molar-refractivity contribution in [3.8, 4) is 17.2 Å². The van der Waals surface area contributed by atoms with E-state index in [2.05, 4.69) is 4.74 Å². The van der Waals surface area contributed by atoms with Crippen LogP contribution in [0.25, 0.3) is 6.08 Å². The Labute approximate surface area is 220 Å². The zero-order valence-electron chi connectivity index (χ0n) is 20.5. The number of halogens is 4. The van der Waals surface area contributed by atoms with Gasteiger partial charge in [0.15, 0.2) is 11.5 Å². The summed E-state index contributed by atoms with van der Waals surface area (Å²) in [6.45, 7) is 0.117. The lowest BCUT2D eigenvalue weighted by atomic mass is 10.1. The van der Waals surface area contributed by atoms with Gasteiger partial charge < -0.3 is 30.4 Å². The topological polar surface area (TPSA) is 123 Å². The first-order chi connectivity index (χ1) is 18.5. The fraction of sp³-hybridized carbons (Fsp3) is 0.185. The highest BCUT2D eigenvalue weighted by molar-refractivity contribution is 5.91.